The number of aromatic nitrogens is 2. The first-order valence-corrected chi connectivity index (χ1v) is 10.5. The van der Waals surface area contributed by atoms with Crippen LogP contribution in [0.15, 0.2) is 30.3 Å². The fourth-order valence-corrected chi connectivity index (χ4v) is 3.53. The van der Waals surface area contributed by atoms with E-state index in [9.17, 15) is 13.2 Å². The number of sulfonamides is 1. The second kappa shape index (κ2) is 7.69. The molecule has 3 rings (SSSR count). The van der Waals surface area contributed by atoms with Gasteiger partial charge in [0, 0.05) is 31.7 Å². The van der Waals surface area contributed by atoms with Gasteiger partial charge in [-0.05, 0) is 25.0 Å². The van der Waals surface area contributed by atoms with Crippen molar-refractivity contribution in [1.29, 1.82) is 0 Å². The Hall–Kier alpha value is -2.03. The van der Waals surface area contributed by atoms with Crippen LogP contribution in [0, 0.1) is 0 Å². The van der Waals surface area contributed by atoms with E-state index in [2.05, 4.69) is 14.7 Å². The van der Waals surface area contributed by atoms with Crippen LogP contribution in [0.2, 0.25) is 0 Å². The first-order valence-electron chi connectivity index (χ1n) is 8.62. The zero-order valence-corrected chi connectivity index (χ0v) is 15.9. The topological polar surface area (TPSA) is 84.3 Å². The average molecular weight is 376 g/mol. The lowest BCUT2D eigenvalue weighted by Crippen LogP contribution is -2.23. The van der Waals surface area contributed by atoms with Gasteiger partial charge < -0.3 is 0 Å². The van der Waals surface area contributed by atoms with Crippen LogP contribution in [0.4, 0.5) is 0 Å². The molecule has 0 radical (unpaired) electrons. The van der Waals surface area contributed by atoms with Crippen LogP contribution >= 0.6 is 0 Å². The van der Waals surface area contributed by atoms with Crippen LogP contribution < -0.4 is 4.72 Å². The number of Topliss-reactive ketones (excluding diaryl/α,β-unsaturated/α-hetero) is 1. The molecular weight excluding hydrogens is 352 g/mol. The molecule has 2 heterocycles. The molecule has 8 heteroatoms. The number of rotatable bonds is 6. The molecule has 140 valence electrons. The third-order valence-corrected chi connectivity index (χ3v) is 5.09. The third-order valence-electron chi connectivity index (χ3n) is 4.43. The van der Waals surface area contributed by atoms with Crippen LogP contribution in [0.1, 0.15) is 40.7 Å². The van der Waals surface area contributed by atoms with Crippen molar-refractivity contribution < 1.29 is 13.2 Å². The minimum absolute atomic E-state index is 0.0745. The van der Waals surface area contributed by atoms with Gasteiger partial charge in [0.15, 0.2) is 5.78 Å². The molecule has 0 saturated heterocycles. The van der Waals surface area contributed by atoms with E-state index in [0.29, 0.717) is 0 Å². The van der Waals surface area contributed by atoms with E-state index in [0.717, 1.165) is 55.8 Å². The minimum Gasteiger partial charge on any atom is -0.295 e. The molecule has 0 unspecified atom stereocenters. The molecule has 0 bridgehead atoms. The first-order chi connectivity index (χ1) is 12.3. The van der Waals surface area contributed by atoms with Crippen LogP contribution in [-0.4, -0.2) is 41.7 Å². The first kappa shape index (κ1) is 18.8. The highest BCUT2D eigenvalue weighted by Crippen LogP contribution is 2.17. The van der Waals surface area contributed by atoms with Crippen LogP contribution in [0.5, 0.6) is 0 Å². The van der Waals surface area contributed by atoms with Crippen LogP contribution in [-0.2, 0) is 36.2 Å². The summed E-state index contributed by atoms with van der Waals surface area (Å²) in [4.78, 5) is 13.7. The summed E-state index contributed by atoms with van der Waals surface area (Å²) in [6, 6.07) is 9.71. The molecule has 2 aromatic rings. The molecule has 0 spiro atoms. The summed E-state index contributed by atoms with van der Waals surface area (Å²) >= 11 is 0. The minimum atomic E-state index is -3.23. The lowest BCUT2D eigenvalue weighted by atomic mass is 10.1. The summed E-state index contributed by atoms with van der Waals surface area (Å²) in [7, 11) is -3.23. The second-order valence-electron chi connectivity index (χ2n) is 6.76. The largest absolute Gasteiger partial charge is 0.295 e. The summed E-state index contributed by atoms with van der Waals surface area (Å²) in [5.41, 5.74) is 3.72. The van der Waals surface area contributed by atoms with Crippen molar-refractivity contribution >= 4 is 15.8 Å². The zero-order chi connectivity index (χ0) is 18.7. The van der Waals surface area contributed by atoms with Crippen molar-refractivity contribution in [3.63, 3.8) is 0 Å². The SMILES string of the molecule is CC(=O)c1ccc(CN2CCCn3nc(CNS(C)(=O)=O)cc3C2)cc1. The Morgan fingerprint density at radius 1 is 1.23 bits per heavy atom. The van der Waals surface area contributed by atoms with Gasteiger partial charge in [-0.1, -0.05) is 24.3 Å². The van der Waals surface area contributed by atoms with E-state index in [1.807, 2.05) is 35.0 Å². The fourth-order valence-electron chi connectivity index (χ4n) is 3.12. The normalized spacial score (nSPS) is 15.5. The van der Waals surface area contributed by atoms with Gasteiger partial charge in [0.2, 0.25) is 10.0 Å². The lowest BCUT2D eigenvalue weighted by Gasteiger charge is -2.19. The molecule has 1 aromatic heterocycles. The van der Waals surface area contributed by atoms with E-state index in [1.54, 1.807) is 6.92 Å². The van der Waals surface area contributed by atoms with Gasteiger partial charge in [0.1, 0.15) is 0 Å². The molecule has 0 fully saturated rings. The van der Waals surface area contributed by atoms with E-state index in [4.69, 9.17) is 0 Å². The monoisotopic (exact) mass is 376 g/mol. The highest BCUT2D eigenvalue weighted by molar-refractivity contribution is 7.88. The molecule has 0 aliphatic carbocycles. The molecule has 0 atom stereocenters. The number of hydrogen-bond acceptors (Lipinski definition) is 5. The molecule has 26 heavy (non-hydrogen) atoms. The van der Waals surface area contributed by atoms with E-state index in [1.165, 1.54) is 5.56 Å². The maximum Gasteiger partial charge on any atom is 0.209 e. The molecule has 1 N–H and O–H groups in total. The number of nitrogens with one attached hydrogen (secondary N) is 1. The van der Waals surface area contributed by atoms with E-state index >= 15 is 0 Å². The zero-order valence-electron chi connectivity index (χ0n) is 15.1. The van der Waals surface area contributed by atoms with Gasteiger partial charge in [0.05, 0.1) is 24.2 Å². The van der Waals surface area contributed by atoms with Crippen LogP contribution in [0.25, 0.3) is 0 Å². The molecule has 1 aliphatic heterocycles. The van der Waals surface area contributed by atoms with Crippen LogP contribution in [0.3, 0.4) is 0 Å². The maximum atomic E-state index is 11.4. The smallest absolute Gasteiger partial charge is 0.209 e. The van der Waals surface area contributed by atoms with E-state index < -0.39 is 10.0 Å². The van der Waals surface area contributed by atoms with Gasteiger partial charge in [-0.2, -0.15) is 5.10 Å². The number of carbonyl (C=O) groups is 1. The highest BCUT2D eigenvalue weighted by Gasteiger charge is 2.17. The number of ketones is 1. The van der Waals surface area contributed by atoms with Crippen molar-refractivity contribution in [2.45, 2.75) is 39.5 Å². The van der Waals surface area contributed by atoms with Crippen molar-refractivity contribution in [2.75, 3.05) is 12.8 Å². The van der Waals surface area contributed by atoms with Crippen molar-refractivity contribution in [2.24, 2.45) is 0 Å². The number of nitrogens with zero attached hydrogens (tertiary/aromatic N) is 3. The Morgan fingerprint density at radius 2 is 1.96 bits per heavy atom. The van der Waals surface area contributed by atoms with Gasteiger partial charge >= 0.3 is 0 Å². The van der Waals surface area contributed by atoms with Crippen molar-refractivity contribution in [3.8, 4) is 0 Å². The average Bonchev–Trinajstić information content (AvgIpc) is 2.85. The Kier molecular flexibility index (Phi) is 5.55. The number of hydrogen-bond donors (Lipinski definition) is 1. The number of carbonyl (C=O) groups excluding carboxylic acids is 1. The molecule has 0 amide bonds. The summed E-state index contributed by atoms with van der Waals surface area (Å²) in [5.74, 6) is 0.0745. The molecule has 0 saturated carbocycles. The Bertz CT molecular complexity index is 888. The van der Waals surface area contributed by atoms with Crippen molar-refractivity contribution in [3.05, 3.63) is 52.8 Å². The lowest BCUT2D eigenvalue weighted by molar-refractivity contribution is 0.101. The summed E-state index contributed by atoms with van der Waals surface area (Å²) < 4.78 is 27.0. The van der Waals surface area contributed by atoms with E-state index in [-0.39, 0.29) is 12.3 Å². The third kappa shape index (κ3) is 5.00. The second-order valence-corrected chi connectivity index (χ2v) is 8.59. The van der Waals surface area contributed by atoms with Crippen molar-refractivity contribution in [1.82, 2.24) is 19.4 Å². The number of fused-ring (bicyclic) bond motifs is 1. The predicted molar refractivity (Wildman–Crippen MR) is 99.1 cm³/mol. The Morgan fingerprint density at radius 3 is 2.62 bits per heavy atom. The number of aryl methyl sites for hydroxylation is 1. The Balaban J connectivity index is 1.67. The standard InChI is InChI=1S/C18H24N4O3S/c1-14(23)16-6-4-15(5-7-16)12-21-8-3-9-22-18(13-21)10-17(20-22)11-19-26(2,24)25/h4-7,10,19H,3,8-9,11-13H2,1-2H3. The molecule has 7 nitrogen and oxygen atoms in total. The highest BCUT2D eigenvalue weighted by atomic mass is 32.2. The fraction of sp³-hybridized carbons (Fsp3) is 0.444. The molecule has 1 aromatic carbocycles. The van der Waals surface area contributed by atoms with Gasteiger partial charge in [-0.3, -0.25) is 14.4 Å². The van der Waals surface area contributed by atoms with Gasteiger partial charge in [-0.25, -0.2) is 13.1 Å². The molecular formula is C18H24N4O3S. The predicted octanol–water partition coefficient (Wildman–Crippen LogP) is 1.54. The van der Waals surface area contributed by atoms with Gasteiger partial charge in [-0.15, -0.1) is 0 Å². The van der Waals surface area contributed by atoms with Gasteiger partial charge in [0.25, 0.3) is 0 Å². The summed E-state index contributed by atoms with van der Waals surface area (Å²) in [5, 5.41) is 4.51. The number of benzene rings is 1. The Labute approximate surface area is 154 Å². The summed E-state index contributed by atoms with van der Waals surface area (Å²) in [6.07, 6.45) is 2.13. The molecule has 1 aliphatic rings. The summed E-state index contributed by atoms with van der Waals surface area (Å²) in [6.45, 7) is 5.15. The maximum absolute atomic E-state index is 11.4. The quantitative estimate of drug-likeness (QED) is 0.773.